The standard InChI is InChI=1S/C14H18Cl2FNO/c1-18-9-13(17)6-2-3-7-14(13,19)10-4-5-11(15)12(16)8-10/h4-5,8,18-19H,2-3,6-7,9H2,1H3/t13-,14-/m1/s1. The molecule has 1 aliphatic carbocycles. The minimum Gasteiger partial charge on any atom is -0.382 e. The summed E-state index contributed by atoms with van der Waals surface area (Å²) >= 11 is 11.9. The Morgan fingerprint density at radius 3 is 2.58 bits per heavy atom. The van der Waals surface area contributed by atoms with Crippen LogP contribution in [0.4, 0.5) is 4.39 Å². The Hall–Kier alpha value is -0.350. The van der Waals surface area contributed by atoms with Crippen molar-refractivity contribution < 1.29 is 9.50 Å². The first-order chi connectivity index (χ1) is 8.93. The molecule has 2 nitrogen and oxygen atoms in total. The van der Waals surface area contributed by atoms with Crippen LogP contribution in [0.15, 0.2) is 18.2 Å². The number of nitrogens with one attached hydrogen (secondary N) is 1. The van der Waals surface area contributed by atoms with Gasteiger partial charge in [0.15, 0.2) is 5.67 Å². The van der Waals surface area contributed by atoms with Gasteiger partial charge in [-0.05, 0) is 50.4 Å². The number of hydrogen-bond acceptors (Lipinski definition) is 2. The van der Waals surface area contributed by atoms with E-state index in [4.69, 9.17) is 23.2 Å². The number of hydrogen-bond donors (Lipinski definition) is 2. The van der Waals surface area contributed by atoms with Crippen molar-refractivity contribution in [2.75, 3.05) is 13.6 Å². The van der Waals surface area contributed by atoms with Crippen LogP contribution >= 0.6 is 23.2 Å². The predicted octanol–water partition coefficient (Wildman–Crippen LogP) is 3.68. The Balaban J connectivity index is 2.44. The summed E-state index contributed by atoms with van der Waals surface area (Å²) in [6.07, 6.45) is 2.31. The van der Waals surface area contributed by atoms with E-state index in [2.05, 4.69) is 5.32 Å². The van der Waals surface area contributed by atoms with Gasteiger partial charge in [-0.2, -0.15) is 0 Å². The molecule has 0 heterocycles. The zero-order chi connectivity index (χ0) is 14.1. The minimum atomic E-state index is -1.68. The molecule has 1 saturated carbocycles. The van der Waals surface area contributed by atoms with Crippen LogP contribution in [0.2, 0.25) is 10.0 Å². The van der Waals surface area contributed by atoms with Crippen molar-refractivity contribution >= 4 is 23.2 Å². The molecule has 0 saturated heterocycles. The number of halogens is 3. The van der Waals surface area contributed by atoms with Crippen LogP contribution in [0.1, 0.15) is 31.2 Å². The second-order valence-electron chi connectivity index (χ2n) is 5.19. The molecule has 0 spiro atoms. The van der Waals surface area contributed by atoms with E-state index in [0.29, 0.717) is 28.5 Å². The van der Waals surface area contributed by atoms with E-state index in [9.17, 15) is 5.11 Å². The average Bonchev–Trinajstić information content (AvgIpc) is 2.37. The Labute approximate surface area is 122 Å². The Bertz CT molecular complexity index is 467. The fourth-order valence-electron chi connectivity index (χ4n) is 2.89. The van der Waals surface area contributed by atoms with E-state index < -0.39 is 11.3 Å². The summed E-state index contributed by atoms with van der Waals surface area (Å²) in [5.41, 5.74) is -2.70. The number of rotatable bonds is 3. The van der Waals surface area contributed by atoms with Crippen LogP contribution < -0.4 is 5.32 Å². The molecule has 2 N–H and O–H groups in total. The van der Waals surface area contributed by atoms with Crippen molar-refractivity contribution in [2.45, 2.75) is 37.0 Å². The van der Waals surface area contributed by atoms with Gasteiger partial charge in [0.25, 0.3) is 0 Å². The highest BCUT2D eigenvalue weighted by Crippen LogP contribution is 2.47. The molecule has 0 radical (unpaired) electrons. The van der Waals surface area contributed by atoms with Gasteiger partial charge in [-0.3, -0.25) is 0 Å². The van der Waals surface area contributed by atoms with Crippen molar-refractivity contribution in [3.05, 3.63) is 33.8 Å². The molecule has 1 aliphatic rings. The summed E-state index contributed by atoms with van der Waals surface area (Å²) in [5.74, 6) is 0. The fraction of sp³-hybridized carbons (Fsp3) is 0.571. The lowest BCUT2D eigenvalue weighted by atomic mass is 9.69. The zero-order valence-electron chi connectivity index (χ0n) is 10.8. The van der Waals surface area contributed by atoms with Gasteiger partial charge in [-0.25, -0.2) is 4.39 Å². The number of aliphatic hydroxyl groups is 1. The Morgan fingerprint density at radius 1 is 1.26 bits per heavy atom. The lowest BCUT2D eigenvalue weighted by Crippen LogP contribution is -2.55. The van der Waals surface area contributed by atoms with Crippen LogP contribution in [0.3, 0.4) is 0 Å². The van der Waals surface area contributed by atoms with Crippen molar-refractivity contribution in [3.8, 4) is 0 Å². The molecule has 1 fully saturated rings. The molecule has 1 aromatic carbocycles. The smallest absolute Gasteiger partial charge is 0.155 e. The molecule has 19 heavy (non-hydrogen) atoms. The van der Waals surface area contributed by atoms with Crippen LogP contribution in [-0.2, 0) is 5.60 Å². The van der Waals surface area contributed by atoms with Crippen LogP contribution in [0.5, 0.6) is 0 Å². The Morgan fingerprint density at radius 2 is 1.95 bits per heavy atom. The third kappa shape index (κ3) is 2.62. The summed E-state index contributed by atoms with van der Waals surface area (Å²) in [4.78, 5) is 0. The summed E-state index contributed by atoms with van der Waals surface area (Å²) in [7, 11) is 1.69. The quantitative estimate of drug-likeness (QED) is 0.893. The lowest BCUT2D eigenvalue weighted by molar-refractivity contribution is -0.135. The van der Waals surface area contributed by atoms with Gasteiger partial charge < -0.3 is 10.4 Å². The maximum atomic E-state index is 15.2. The van der Waals surface area contributed by atoms with Crippen LogP contribution in [0, 0.1) is 0 Å². The summed E-state index contributed by atoms with van der Waals surface area (Å²) in [5, 5.41) is 14.5. The van der Waals surface area contributed by atoms with Gasteiger partial charge in [0, 0.05) is 6.54 Å². The van der Waals surface area contributed by atoms with Gasteiger partial charge in [-0.1, -0.05) is 29.3 Å². The molecule has 0 unspecified atom stereocenters. The predicted molar refractivity (Wildman–Crippen MR) is 76.6 cm³/mol. The highest BCUT2D eigenvalue weighted by atomic mass is 35.5. The molecule has 0 aliphatic heterocycles. The average molecular weight is 306 g/mol. The van der Waals surface area contributed by atoms with Gasteiger partial charge in [-0.15, -0.1) is 0 Å². The van der Waals surface area contributed by atoms with E-state index in [-0.39, 0.29) is 6.54 Å². The van der Waals surface area contributed by atoms with Gasteiger partial charge in [0.2, 0.25) is 0 Å². The summed E-state index contributed by atoms with van der Waals surface area (Å²) < 4.78 is 15.2. The molecule has 0 bridgehead atoms. The number of alkyl halides is 1. The summed E-state index contributed by atoms with van der Waals surface area (Å²) in [6, 6.07) is 4.83. The van der Waals surface area contributed by atoms with Crippen molar-refractivity contribution in [1.82, 2.24) is 5.32 Å². The third-order valence-corrected chi connectivity index (χ3v) is 4.70. The second-order valence-corrected chi connectivity index (χ2v) is 6.01. The van der Waals surface area contributed by atoms with Crippen LogP contribution in [-0.4, -0.2) is 24.4 Å². The molecule has 2 atom stereocenters. The molecular formula is C14H18Cl2FNO. The topological polar surface area (TPSA) is 32.3 Å². The van der Waals surface area contributed by atoms with Crippen molar-refractivity contribution in [3.63, 3.8) is 0 Å². The van der Waals surface area contributed by atoms with E-state index in [1.807, 2.05) is 0 Å². The third-order valence-electron chi connectivity index (χ3n) is 3.96. The zero-order valence-corrected chi connectivity index (χ0v) is 12.4. The van der Waals surface area contributed by atoms with Crippen molar-refractivity contribution in [1.29, 1.82) is 0 Å². The normalized spacial score (nSPS) is 31.4. The maximum absolute atomic E-state index is 15.2. The molecule has 0 amide bonds. The van der Waals surface area contributed by atoms with E-state index in [1.54, 1.807) is 25.2 Å². The molecule has 0 aromatic heterocycles. The van der Waals surface area contributed by atoms with Crippen molar-refractivity contribution in [2.24, 2.45) is 0 Å². The Kier molecular flexibility index (Phi) is 4.41. The van der Waals surface area contributed by atoms with E-state index in [0.717, 1.165) is 12.8 Å². The first-order valence-electron chi connectivity index (χ1n) is 6.44. The highest BCUT2D eigenvalue weighted by Gasteiger charge is 2.53. The molecule has 5 heteroatoms. The molecule has 1 aromatic rings. The van der Waals surface area contributed by atoms with Gasteiger partial charge in [0.05, 0.1) is 10.0 Å². The van der Waals surface area contributed by atoms with E-state index >= 15 is 4.39 Å². The molecule has 106 valence electrons. The first-order valence-corrected chi connectivity index (χ1v) is 7.20. The van der Waals surface area contributed by atoms with Crippen LogP contribution in [0.25, 0.3) is 0 Å². The second kappa shape index (κ2) is 5.57. The minimum absolute atomic E-state index is 0.115. The SMILES string of the molecule is CNC[C@]1(F)CCCC[C@@]1(O)c1ccc(Cl)c(Cl)c1. The molecular weight excluding hydrogens is 288 g/mol. The maximum Gasteiger partial charge on any atom is 0.155 e. The van der Waals surface area contributed by atoms with Gasteiger partial charge >= 0.3 is 0 Å². The lowest BCUT2D eigenvalue weighted by Gasteiger charge is -2.45. The molecule has 2 rings (SSSR count). The largest absolute Gasteiger partial charge is 0.382 e. The highest BCUT2D eigenvalue weighted by molar-refractivity contribution is 6.42. The fourth-order valence-corrected chi connectivity index (χ4v) is 3.19. The number of benzene rings is 1. The monoisotopic (exact) mass is 305 g/mol. The van der Waals surface area contributed by atoms with E-state index in [1.165, 1.54) is 0 Å². The summed E-state index contributed by atoms with van der Waals surface area (Å²) in [6.45, 7) is 0.115. The first kappa shape index (κ1) is 15.0. The van der Waals surface area contributed by atoms with Gasteiger partial charge in [0.1, 0.15) is 5.60 Å².